The lowest BCUT2D eigenvalue weighted by atomic mass is 9.99. The number of aromatic nitrogens is 1. The minimum atomic E-state index is -5.00. The summed E-state index contributed by atoms with van der Waals surface area (Å²) in [6.45, 7) is 4.74. The summed E-state index contributed by atoms with van der Waals surface area (Å²) < 4.78 is 72.2. The highest BCUT2D eigenvalue weighted by atomic mass is 19.4. The topological polar surface area (TPSA) is 101 Å². The Morgan fingerprint density at radius 2 is 1.59 bits per heavy atom. The molecule has 1 aliphatic rings. The summed E-state index contributed by atoms with van der Waals surface area (Å²) in [7, 11) is 3.14. The van der Waals surface area contributed by atoms with Gasteiger partial charge in [0.2, 0.25) is 0 Å². The summed E-state index contributed by atoms with van der Waals surface area (Å²) in [6, 6.07) is 5.94. The molecule has 4 rings (SSSR count). The average molecular weight is 578 g/mol. The average Bonchev–Trinajstić information content (AvgIpc) is 2.88. The predicted molar refractivity (Wildman–Crippen MR) is 144 cm³/mol. The number of aryl methyl sites for hydroxylation is 1. The third kappa shape index (κ3) is 5.94. The fourth-order valence-electron chi connectivity index (χ4n) is 4.86. The molecule has 0 saturated carbocycles. The largest absolute Gasteiger partial charge is 0.417 e. The van der Waals surface area contributed by atoms with Gasteiger partial charge in [0.25, 0.3) is 17.4 Å². The van der Waals surface area contributed by atoms with E-state index in [1.807, 2.05) is 20.9 Å². The van der Waals surface area contributed by atoms with Gasteiger partial charge in [0.15, 0.2) is 0 Å². The van der Waals surface area contributed by atoms with Gasteiger partial charge in [0.05, 0.1) is 28.1 Å². The summed E-state index contributed by atoms with van der Waals surface area (Å²) in [5.41, 5.74) is 1.56. The van der Waals surface area contributed by atoms with Crippen molar-refractivity contribution in [1.82, 2.24) is 9.47 Å². The third-order valence-corrected chi connectivity index (χ3v) is 7.36. The van der Waals surface area contributed by atoms with Crippen molar-refractivity contribution >= 4 is 23.2 Å². The number of piperazine rings is 1. The van der Waals surface area contributed by atoms with Gasteiger partial charge < -0.3 is 20.5 Å². The highest BCUT2D eigenvalue weighted by molar-refractivity contribution is 6.07. The molecule has 1 saturated heterocycles. The molecular formula is C28H28F5N5O3. The normalized spacial score (nSPS) is 17.9. The number of nitrogens with one attached hydrogen (secondary N) is 1. The summed E-state index contributed by atoms with van der Waals surface area (Å²) in [6.07, 6.45) is -4.22. The van der Waals surface area contributed by atoms with Crippen LogP contribution in [0.2, 0.25) is 0 Å². The van der Waals surface area contributed by atoms with E-state index in [-0.39, 0.29) is 34.6 Å². The van der Waals surface area contributed by atoms with E-state index in [4.69, 9.17) is 5.73 Å². The molecule has 0 bridgehead atoms. The van der Waals surface area contributed by atoms with E-state index in [1.54, 1.807) is 4.90 Å². The molecule has 2 heterocycles. The summed E-state index contributed by atoms with van der Waals surface area (Å²) in [4.78, 5) is 40.6. The lowest BCUT2D eigenvalue weighted by Crippen LogP contribution is -2.55. The molecule has 0 aliphatic carbocycles. The first-order valence-corrected chi connectivity index (χ1v) is 12.6. The quantitative estimate of drug-likeness (QED) is 0.443. The van der Waals surface area contributed by atoms with Crippen molar-refractivity contribution in [3.05, 3.63) is 81.3 Å². The maximum absolute atomic E-state index is 15.6. The van der Waals surface area contributed by atoms with Crippen molar-refractivity contribution in [3.8, 4) is 11.1 Å². The molecule has 0 spiro atoms. The Bertz CT molecular complexity index is 1570. The van der Waals surface area contributed by atoms with E-state index in [2.05, 4.69) is 10.2 Å². The predicted octanol–water partition coefficient (Wildman–Crippen LogP) is 4.23. The maximum Gasteiger partial charge on any atom is 0.417 e. The van der Waals surface area contributed by atoms with Crippen LogP contribution in [0.5, 0.6) is 0 Å². The zero-order valence-electron chi connectivity index (χ0n) is 22.6. The van der Waals surface area contributed by atoms with Gasteiger partial charge in [0, 0.05) is 50.0 Å². The second kappa shape index (κ2) is 11.0. The minimum absolute atomic E-state index is 0.00486. The number of primary amides is 1. The molecule has 2 amide bonds. The fraction of sp³-hybridized carbons (Fsp3) is 0.321. The van der Waals surface area contributed by atoms with Gasteiger partial charge in [-0.3, -0.25) is 19.3 Å². The molecule has 13 heteroatoms. The summed E-state index contributed by atoms with van der Waals surface area (Å²) in [5.74, 6) is -3.99. The molecule has 0 radical (unpaired) electrons. The van der Waals surface area contributed by atoms with Crippen LogP contribution >= 0.6 is 0 Å². The van der Waals surface area contributed by atoms with Crippen LogP contribution in [-0.2, 0) is 13.2 Å². The van der Waals surface area contributed by atoms with Crippen molar-refractivity contribution in [1.29, 1.82) is 0 Å². The van der Waals surface area contributed by atoms with Crippen molar-refractivity contribution in [3.63, 3.8) is 0 Å². The van der Waals surface area contributed by atoms with Crippen LogP contribution < -0.4 is 21.5 Å². The minimum Gasteiger partial charge on any atom is -0.367 e. The van der Waals surface area contributed by atoms with E-state index in [0.29, 0.717) is 19.2 Å². The Hall–Kier alpha value is -4.26. The second-order valence-electron chi connectivity index (χ2n) is 10.2. The Morgan fingerprint density at radius 1 is 0.951 bits per heavy atom. The van der Waals surface area contributed by atoms with Gasteiger partial charge in [-0.05, 0) is 50.7 Å². The number of anilines is 2. The molecule has 41 heavy (non-hydrogen) atoms. The molecule has 2 atom stereocenters. The standard InChI is InChI=1S/C28H28F5N5O3/c1-14-11-38(12-15(2)37(14)4)24-10-22(30)18(16-5-6-17(26(34)40)21(29)7-16)8-23(24)35-27(41)19-13-36(3)25(39)9-20(19)28(31,32)33/h5-10,13-15H,11-12H2,1-4H3,(H2,34,40)(H,35,41)/t14-,15+. The van der Waals surface area contributed by atoms with Gasteiger partial charge in [-0.15, -0.1) is 0 Å². The highest BCUT2D eigenvalue weighted by Crippen LogP contribution is 2.37. The number of amides is 2. The van der Waals surface area contributed by atoms with Crippen molar-refractivity contribution in [2.75, 3.05) is 30.4 Å². The number of alkyl halides is 3. The van der Waals surface area contributed by atoms with Crippen molar-refractivity contribution in [2.45, 2.75) is 32.1 Å². The summed E-state index contributed by atoms with van der Waals surface area (Å²) in [5, 5.41) is 2.46. The first-order valence-electron chi connectivity index (χ1n) is 12.6. The maximum atomic E-state index is 15.6. The lowest BCUT2D eigenvalue weighted by Gasteiger charge is -2.44. The van der Waals surface area contributed by atoms with Crippen LogP contribution in [0.3, 0.4) is 0 Å². The van der Waals surface area contributed by atoms with Crippen LogP contribution in [0.1, 0.15) is 40.1 Å². The van der Waals surface area contributed by atoms with Crippen LogP contribution in [0.4, 0.5) is 33.3 Å². The molecular weight excluding hydrogens is 549 g/mol. The lowest BCUT2D eigenvalue weighted by molar-refractivity contribution is -0.138. The number of carbonyl (C=O) groups excluding carboxylic acids is 2. The van der Waals surface area contributed by atoms with E-state index in [0.717, 1.165) is 29.0 Å². The number of pyridine rings is 1. The van der Waals surface area contributed by atoms with Gasteiger partial charge >= 0.3 is 6.18 Å². The number of benzene rings is 2. The van der Waals surface area contributed by atoms with E-state index in [1.165, 1.54) is 19.2 Å². The van der Waals surface area contributed by atoms with Crippen LogP contribution in [0.25, 0.3) is 11.1 Å². The number of rotatable bonds is 5. The third-order valence-electron chi connectivity index (χ3n) is 7.36. The number of hydrogen-bond donors (Lipinski definition) is 2. The van der Waals surface area contributed by atoms with Crippen LogP contribution in [0.15, 0.2) is 47.4 Å². The van der Waals surface area contributed by atoms with Crippen molar-refractivity contribution < 1.29 is 31.5 Å². The summed E-state index contributed by atoms with van der Waals surface area (Å²) >= 11 is 0. The number of nitrogens with zero attached hydrogens (tertiary/aromatic N) is 3. The zero-order chi connectivity index (χ0) is 30.4. The van der Waals surface area contributed by atoms with E-state index in [9.17, 15) is 31.9 Å². The van der Waals surface area contributed by atoms with E-state index >= 15 is 4.39 Å². The number of halogens is 5. The molecule has 3 aromatic rings. The Kier molecular flexibility index (Phi) is 7.94. The monoisotopic (exact) mass is 577 g/mol. The Morgan fingerprint density at radius 3 is 2.15 bits per heavy atom. The molecule has 2 aromatic carbocycles. The van der Waals surface area contributed by atoms with Crippen molar-refractivity contribution in [2.24, 2.45) is 12.8 Å². The highest BCUT2D eigenvalue weighted by Gasteiger charge is 2.37. The molecule has 0 unspecified atom stereocenters. The van der Waals surface area contributed by atoms with Gasteiger partial charge in [-0.1, -0.05) is 6.07 Å². The van der Waals surface area contributed by atoms with Gasteiger partial charge in [-0.2, -0.15) is 13.2 Å². The smallest absolute Gasteiger partial charge is 0.367 e. The number of carbonyl (C=O) groups is 2. The molecule has 1 aliphatic heterocycles. The Balaban J connectivity index is 1.86. The van der Waals surface area contributed by atoms with E-state index < -0.39 is 51.9 Å². The SMILES string of the molecule is C[C@@H]1CN(c2cc(F)c(-c3ccc(C(N)=O)c(F)c3)cc2NC(=O)c2cn(C)c(=O)cc2C(F)(F)F)C[C@H](C)N1C. The molecule has 1 aromatic heterocycles. The second-order valence-corrected chi connectivity index (χ2v) is 10.2. The fourth-order valence-corrected chi connectivity index (χ4v) is 4.86. The number of likely N-dealkylation sites (N-methyl/N-ethyl adjacent to an activating group) is 1. The zero-order valence-corrected chi connectivity index (χ0v) is 22.6. The van der Waals surface area contributed by atoms with Gasteiger partial charge in [0.1, 0.15) is 11.6 Å². The number of hydrogen-bond acceptors (Lipinski definition) is 5. The Labute approximate surface area is 232 Å². The molecule has 8 nitrogen and oxygen atoms in total. The van der Waals surface area contributed by atoms with Crippen LogP contribution in [-0.4, -0.2) is 53.5 Å². The first kappa shape index (κ1) is 29.7. The molecule has 3 N–H and O–H groups in total. The molecule has 218 valence electrons. The first-order chi connectivity index (χ1) is 19.1. The van der Waals surface area contributed by atoms with Crippen LogP contribution in [0, 0.1) is 11.6 Å². The van der Waals surface area contributed by atoms with Gasteiger partial charge in [-0.25, -0.2) is 8.78 Å². The number of nitrogens with two attached hydrogens (primary N) is 1. The molecule has 1 fully saturated rings.